The minimum absolute atomic E-state index is 0.0361. The maximum absolute atomic E-state index is 12.2. The van der Waals surface area contributed by atoms with Crippen LogP contribution in [0.4, 0.5) is 0 Å². The summed E-state index contributed by atoms with van der Waals surface area (Å²) >= 11 is 15.0. The van der Waals surface area contributed by atoms with Crippen molar-refractivity contribution in [1.82, 2.24) is 0 Å². The molecule has 0 amide bonds. The summed E-state index contributed by atoms with van der Waals surface area (Å²) in [5.41, 5.74) is 0.650. The third-order valence-electron chi connectivity index (χ3n) is 2.27. The molecule has 2 nitrogen and oxygen atoms in total. The topological polar surface area (TPSA) is 26.3 Å². The Bertz CT molecular complexity index is 650. The second kappa shape index (κ2) is 7.88. The van der Waals surface area contributed by atoms with Crippen molar-refractivity contribution in [3.05, 3.63) is 42.0 Å². The molecule has 1 aromatic heterocycles. The fourth-order valence-electron chi connectivity index (χ4n) is 1.41. The fraction of sp³-hybridized carbons (Fsp3) is 0.0833. The molecule has 0 radical (unpaired) electrons. The number of carbonyl (C=O) groups excluding carboxylic acids is 1. The summed E-state index contributed by atoms with van der Waals surface area (Å²) in [6.07, 6.45) is 0. The third-order valence-corrected chi connectivity index (χ3v) is 6.83. The molecule has 0 aliphatic rings. The van der Waals surface area contributed by atoms with Crippen LogP contribution in [0.25, 0.3) is 0 Å². The Labute approximate surface area is 178 Å². The lowest BCUT2D eigenvalue weighted by Gasteiger charge is -2.10. The van der Waals surface area contributed by atoms with Gasteiger partial charge in [-0.05, 0) is 118 Å². The number of halogens is 5. The highest BCUT2D eigenvalue weighted by Gasteiger charge is 2.16. The smallest absolute Gasteiger partial charge is 0.202 e. The van der Waals surface area contributed by atoms with Crippen LogP contribution < -0.4 is 4.74 Å². The van der Waals surface area contributed by atoms with Crippen LogP contribution in [0, 0.1) is 10.7 Å². The number of carbonyl (C=O) groups is 1. The van der Waals surface area contributed by atoms with Gasteiger partial charge in [-0.3, -0.25) is 4.79 Å². The van der Waals surface area contributed by atoms with E-state index < -0.39 is 0 Å². The lowest BCUT2D eigenvalue weighted by molar-refractivity contribution is 0.0920. The lowest BCUT2D eigenvalue weighted by atomic mass is 10.2. The van der Waals surface area contributed by atoms with Crippen molar-refractivity contribution in [2.75, 3.05) is 6.61 Å². The van der Waals surface area contributed by atoms with Crippen molar-refractivity contribution in [2.24, 2.45) is 0 Å². The van der Waals surface area contributed by atoms with Gasteiger partial charge in [0.1, 0.15) is 5.75 Å². The molecular weight excluding hydrogens is 749 g/mol. The second-order valence-electron chi connectivity index (χ2n) is 3.65. The van der Waals surface area contributed by atoms with Crippen molar-refractivity contribution in [2.45, 2.75) is 0 Å². The zero-order valence-corrected chi connectivity index (χ0v) is 20.0. The van der Waals surface area contributed by atoms with Crippen LogP contribution in [0.2, 0.25) is 0 Å². The van der Waals surface area contributed by atoms with Gasteiger partial charge in [0, 0.05) is 9.13 Å². The maximum atomic E-state index is 12.2. The first-order valence-corrected chi connectivity index (χ1v) is 10.8. The van der Waals surface area contributed by atoms with Crippen molar-refractivity contribution in [3.63, 3.8) is 0 Å². The van der Waals surface area contributed by atoms with E-state index in [0.29, 0.717) is 5.56 Å². The number of benzene rings is 1. The first-order chi connectivity index (χ1) is 9.38. The van der Waals surface area contributed by atoms with Gasteiger partial charge < -0.3 is 4.74 Å². The number of rotatable bonds is 4. The predicted molar refractivity (Wildman–Crippen MR) is 114 cm³/mol. The first kappa shape index (κ1) is 17.9. The van der Waals surface area contributed by atoms with E-state index in [2.05, 4.69) is 99.6 Å². The number of hydrogen-bond acceptors (Lipinski definition) is 3. The summed E-state index contributed by atoms with van der Waals surface area (Å²) in [5.74, 6) is 0.731. The average Bonchev–Trinajstić information content (AvgIpc) is 2.66. The van der Waals surface area contributed by atoms with Gasteiger partial charge in [-0.25, -0.2) is 0 Å². The molecule has 1 aromatic carbocycles. The van der Waals surface area contributed by atoms with Crippen molar-refractivity contribution in [3.8, 4) is 5.75 Å². The van der Waals surface area contributed by atoms with E-state index in [1.54, 1.807) is 0 Å². The van der Waals surface area contributed by atoms with Crippen LogP contribution in [0.5, 0.6) is 5.75 Å². The van der Waals surface area contributed by atoms with E-state index in [0.717, 1.165) is 24.0 Å². The molecule has 0 atom stereocenters. The molecule has 106 valence electrons. The lowest BCUT2D eigenvalue weighted by Crippen LogP contribution is -2.12. The van der Waals surface area contributed by atoms with Gasteiger partial charge in [0.15, 0.2) is 6.61 Å². The highest BCUT2D eigenvalue weighted by atomic mass is 127. The summed E-state index contributed by atoms with van der Waals surface area (Å²) in [5, 5.41) is 0. The molecule has 0 saturated carbocycles. The highest BCUT2D eigenvalue weighted by molar-refractivity contribution is 14.1. The van der Waals surface area contributed by atoms with Gasteiger partial charge in [-0.15, -0.1) is 11.3 Å². The summed E-state index contributed by atoms with van der Waals surface area (Å²) in [4.78, 5) is 12.2. The summed E-state index contributed by atoms with van der Waals surface area (Å²) in [6.45, 7) is 0.0361. The first-order valence-electron chi connectivity index (χ1n) is 5.14. The normalized spacial score (nSPS) is 10.7. The van der Waals surface area contributed by atoms with Crippen molar-refractivity contribution in [1.29, 1.82) is 0 Å². The molecular formula is C12H5Br2I3O2S. The zero-order chi connectivity index (χ0) is 14.9. The number of hydrogen-bond donors (Lipinski definition) is 0. The summed E-state index contributed by atoms with van der Waals surface area (Å²) in [7, 11) is 0. The summed E-state index contributed by atoms with van der Waals surface area (Å²) < 4.78 is 10.6. The third kappa shape index (κ3) is 4.52. The van der Waals surface area contributed by atoms with Gasteiger partial charge in [-0.2, -0.15) is 0 Å². The quantitative estimate of drug-likeness (QED) is 0.269. The Kier molecular flexibility index (Phi) is 7.05. The van der Waals surface area contributed by atoms with Gasteiger partial charge in [0.25, 0.3) is 0 Å². The maximum Gasteiger partial charge on any atom is 0.202 e. The summed E-state index contributed by atoms with van der Waals surface area (Å²) in [6, 6.07) is 5.87. The van der Waals surface area contributed by atoms with Crippen LogP contribution in [0.15, 0.2) is 25.8 Å². The number of thiophene rings is 1. The fourth-order valence-corrected chi connectivity index (χ4v) is 8.16. The standard InChI is InChI=1S/C12H5Br2I3O2S/c13-10-3-6(12(14)20-10)9(18)4-19-11-7(16)1-5(15)2-8(11)17/h1-3H,4H2. The van der Waals surface area contributed by atoms with Gasteiger partial charge in [0.2, 0.25) is 5.78 Å². The Morgan fingerprint density at radius 2 is 1.75 bits per heavy atom. The average molecular weight is 754 g/mol. The monoisotopic (exact) mass is 752 g/mol. The van der Waals surface area contributed by atoms with E-state index in [4.69, 9.17) is 4.74 Å². The van der Waals surface area contributed by atoms with Crippen molar-refractivity contribution >= 4 is 117 Å². The van der Waals surface area contributed by atoms with Gasteiger partial charge >= 0.3 is 0 Å². The van der Waals surface area contributed by atoms with Crippen LogP contribution in [-0.4, -0.2) is 12.4 Å². The minimum atomic E-state index is -0.0380. The Hall–Kier alpha value is 1.54. The van der Waals surface area contributed by atoms with Gasteiger partial charge in [-0.1, -0.05) is 0 Å². The number of Topliss-reactive ketones (excluding diaryl/α,β-unsaturated/α-hetero) is 1. The molecule has 2 rings (SSSR count). The van der Waals surface area contributed by atoms with Crippen LogP contribution >= 0.6 is 111 Å². The molecule has 0 N–H and O–H groups in total. The molecule has 0 aliphatic heterocycles. The molecule has 2 aromatic rings. The van der Waals surface area contributed by atoms with E-state index in [-0.39, 0.29) is 12.4 Å². The molecule has 0 aliphatic carbocycles. The van der Waals surface area contributed by atoms with Gasteiger partial charge in [0.05, 0.1) is 14.7 Å². The largest absolute Gasteiger partial charge is 0.483 e. The molecule has 0 spiro atoms. The highest BCUT2D eigenvalue weighted by Crippen LogP contribution is 2.33. The van der Waals surface area contributed by atoms with Crippen molar-refractivity contribution < 1.29 is 9.53 Å². The van der Waals surface area contributed by atoms with E-state index in [9.17, 15) is 4.79 Å². The SMILES string of the molecule is O=C(COc1c(I)cc(I)cc1I)c1cc(Br)sc1Br. The van der Waals surface area contributed by atoms with Crippen LogP contribution in [0.1, 0.15) is 10.4 Å². The molecule has 0 bridgehead atoms. The predicted octanol–water partition coefficient (Wildman–Crippen LogP) is 6.35. The molecule has 0 fully saturated rings. The number of ether oxygens (including phenoxy) is 1. The molecule has 20 heavy (non-hydrogen) atoms. The Morgan fingerprint density at radius 3 is 2.25 bits per heavy atom. The second-order valence-corrected chi connectivity index (χ2v) is 11.0. The molecule has 8 heteroatoms. The molecule has 0 unspecified atom stereocenters. The zero-order valence-electron chi connectivity index (χ0n) is 9.55. The van der Waals surface area contributed by atoms with E-state index >= 15 is 0 Å². The molecule has 1 heterocycles. The van der Waals surface area contributed by atoms with Crippen LogP contribution in [-0.2, 0) is 0 Å². The van der Waals surface area contributed by atoms with E-state index in [1.807, 2.05) is 18.2 Å². The Balaban J connectivity index is 2.13. The minimum Gasteiger partial charge on any atom is -0.483 e. The van der Waals surface area contributed by atoms with Crippen LogP contribution in [0.3, 0.4) is 0 Å². The number of ketones is 1. The van der Waals surface area contributed by atoms with E-state index in [1.165, 1.54) is 11.3 Å². The molecule has 0 saturated heterocycles. The Morgan fingerprint density at radius 1 is 1.15 bits per heavy atom.